The number of rotatable bonds is 14. The van der Waals surface area contributed by atoms with Crippen LogP contribution < -0.4 is 30.1 Å². The first-order valence-corrected chi connectivity index (χ1v) is 19.6. The van der Waals surface area contributed by atoms with Gasteiger partial charge in [0.2, 0.25) is 33.6 Å². The summed E-state index contributed by atoms with van der Waals surface area (Å²) < 4.78 is 44.7. The molecule has 3 fully saturated rings. The van der Waals surface area contributed by atoms with Crippen molar-refractivity contribution in [1.82, 2.24) is 30.6 Å². The molecule has 2 aliphatic carbocycles. The van der Waals surface area contributed by atoms with E-state index in [4.69, 9.17) is 14.2 Å². The van der Waals surface area contributed by atoms with Crippen molar-refractivity contribution in [3.05, 3.63) is 42.1 Å². The number of nitrogens with zero attached hydrogens (tertiary/aromatic N) is 2. The van der Waals surface area contributed by atoms with Crippen molar-refractivity contribution >= 4 is 50.5 Å². The van der Waals surface area contributed by atoms with Crippen LogP contribution in [-0.4, -0.2) is 103 Å². The lowest BCUT2D eigenvalue weighted by Gasteiger charge is -2.30. The van der Waals surface area contributed by atoms with Crippen molar-refractivity contribution in [1.29, 1.82) is 0 Å². The Labute approximate surface area is 315 Å². The fraction of sp³-hybridized carbons (Fsp3) is 0.568. The van der Waals surface area contributed by atoms with Gasteiger partial charge < -0.3 is 35.1 Å². The van der Waals surface area contributed by atoms with E-state index < -0.39 is 74.3 Å². The molecule has 1 unspecified atom stereocenters. The summed E-state index contributed by atoms with van der Waals surface area (Å²) in [5.41, 5.74) is -1.69. The number of likely N-dealkylation sites (tertiary alicyclic amines) is 1. The number of hydrogen-bond acceptors (Lipinski definition) is 11. The fourth-order valence-corrected chi connectivity index (χ4v) is 7.91. The summed E-state index contributed by atoms with van der Waals surface area (Å²) in [5, 5.41) is 8.76. The first-order valence-electron chi connectivity index (χ1n) is 18.1. The molecule has 2 aromatic rings. The number of allylic oxidation sites excluding steroid dienone is 1. The molecule has 0 bridgehead atoms. The van der Waals surface area contributed by atoms with Crippen molar-refractivity contribution in [2.45, 2.75) is 108 Å². The molecule has 4 N–H and O–H groups in total. The second kappa shape index (κ2) is 15.8. The van der Waals surface area contributed by atoms with Gasteiger partial charge >= 0.3 is 6.09 Å². The topological polar surface area (TPSA) is 211 Å². The standard InChI is InChI=1S/C37H50N6O10S/c1-8-23-18-37(23,34(47)42-54(49,50)26-10-11-26)41-31(45)29-17-25(52-32-27-12-9-24(51-7)16-22(27)13-14-38-32)20-43(29)33(46)28(19-39-30(44)15-21(2)3)40-35(48)53-36(4,5)6/h9,12-16,23,25-26,28-29H,8,10-11,17-20H2,1-7H3,(H,39,44)(H,40,48)(H,41,45)(H,42,47)/t23?,25-,28+,29+,37-/m1/s1. The van der Waals surface area contributed by atoms with Crippen LogP contribution in [0, 0.1) is 5.92 Å². The molecule has 1 saturated heterocycles. The van der Waals surface area contributed by atoms with Crippen molar-refractivity contribution in [2.75, 3.05) is 20.2 Å². The molecule has 2 heterocycles. The Bertz CT molecular complexity index is 1940. The van der Waals surface area contributed by atoms with Gasteiger partial charge in [0.25, 0.3) is 5.91 Å². The molecule has 5 amide bonds. The fourth-order valence-electron chi connectivity index (χ4n) is 6.54. The van der Waals surface area contributed by atoms with Gasteiger partial charge in [0.1, 0.15) is 35.1 Å². The van der Waals surface area contributed by atoms with E-state index >= 15 is 0 Å². The molecule has 0 spiro atoms. The molecule has 5 atom stereocenters. The number of methoxy groups -OCH3 is 1. The molecule has 3 aliphatic rings. The molecule has 0 radical (unpaired) electrons. The lowest BCUT2D eigenvalue weighted by atomic mass is 10.1. The number of benzene rings is 1. The molecular weight excluding hydrogens is 721 g/mol. The minimum absolute atomic E-state index is 0.0378. The number of aromatic nitrogens is 1. The first kappa shape index (κ1) is 40.3. The van der Waals surface area contributed by atoms with Crippen LogP contribution in [0.2, 0.25) is 0 Å². The van der Waals surface area contributed by atoms with Gasteiger partial charge in [-0.3, -0.25) is 23.9 Å². The third-order valence-corrected chi connectivity index (χ3v) is 11.3. The van der Waals surface area contributed by atoms with E-state index in [-0.39, 0.29) is 37.7 Å². The number of ether oxygens (including phenoxy) is 3. The highest BCUT2D eigenvalue weighted by molar-refractivity contribution is 7.91. The second-order valence-electron chi connectivity index (χ2n) is 15.3. The molecular formula is C37H50N6O10S. The van der Waals surface area contributed by atoms with Crippen molar-refractivity contribution < 1.29 is 46.6 Å². The maximum absolute atomic E-state index is 14.4. The van der Waals surface area contributed by atoms with E-state index in [1.165, 1.54) is 11.0 Å². The normalized spacial score (nSPS) is 22.7. The molecule has 1 aromatic carbocycles. The van der Waals surface area contributed by atoms with Crippen LogP contribution in [0.15, 0.2) is 42.1 Å². The Morgan fingerprint density at radius 2 is 1.83 bits per heavy atom. The smallest absolute Gasteiger partial charge is 0.408 e. The average Bonchev–Trinajstić information content (AvgIpc) is 4.02. The Hall–Kier alpha value is -4.93. The van der Waals surface area contributed by atoms with Gasteiger partial charge in [-0.05, 0) is 89.5 Å². The van der Waals surface area contributed by atoms with Crippen molar-refractivity contribution in [3.8, 4) is 11.6 Å². The van der Waals surface area contributed by atoms with Gasteiger partial charge in [0, 0.05) is 30.6 Å². The Balaban J connectivity index is 1.45. The number of pyridine rings is 1. The number of fused-ring (bicyclic) bond motifs is 1. The van der Waals surface area contributed by atoms with Crippen LogP contribution in [0.1, 0.15) is 73.6 Å². The Kier molecular flexibility index (Phi) is 11.8. The second-order valence-corrected chi connectivity index (χ2v) is 17.3. The maximum atomic E-state index is 14.4. The molecule has 1 aliphatic heterocycles. The molecule has 1 aromatic heterocycles. The van der Waals surface area contributed by atoms with E-state index in [0.717, 1.165) is 5.39 Å². The van der Waals surface area contributed by atoms with Gasteiger partial charge in [0.15, 0.2) is 0 Å². The average molecular weight is 771 g/mol. The summed E-state index contributed by atoms with van der Waals surface area (Å²) in [6, 6.07) is 4.53. The molecule has 294 valence electrons. The number of alkyl carbamates (subject to hydrolysis) is 1. The van der Waals surface area contributed by atoms with Crippen molar-refractivity contribution in [3.63, 3.8) is 0 Å². The predicted molar refractivity (Wildman–Crippen MR) is 198 cm³/mol. The van der Waals surface area contributed by atoms with E-state index in [0.29, 0.717) is 36.0 Å². The SMILES string of the molecule is CCC1C[C@]1(NC(=O)[C@@H]1C[C@@H](Oc2nccc3cc(OC)ccc23)CN1C(=O)[C@H](CNC(=O)C=C(C)C)NC(=O)OC(C)(C)C)C(=O)NS(=O)(=O)C1CC1. The molecule has 17 heteroatoms. The summed E-state index contributed by atoms with van der Waals surface area (Å²) >= 11 is 0. The quantitative estimate of drug-likeness (QED) is 0.205. The zero-order chi connectivity index (χ0) is 39.6. The summed E-state index contributed by atoms with van der Waals surface area (Å²) in [6.45, 7) is 9.79. The summed E-state index contributed by atoms with van der Waals surface area (Å²) in [5.74, 6) is -2.20. The summed E-state index contributed by atoms with van der Waals surface area (Å²) in [4.78, 5) is 73.5. The van der Waals surface area contributed by atoms with Gasteiger partial charge in [-0.2, -0.15) is 0 Å². The number of amides is 5. The van der Waals surface area contributed by atoms with E-state index in [2.05, 4.69) is 25.7 Å². The first-order chi connectivity index (χ1) is 25.4. The number of carbonyl (C=O) groups is 5. The highest BCUT2D eigenvalue weighted by Gasteiger charge is 2.62. The van der Waals surface area contributed by atoms with Gasteiger partial charge in [-0.1, -0.05) is 18.9 Å². The zero-order valence-corrected chi connectivity index (χ0v) is 32.5. The molecule has 16 nitrogen and oxygen atoms in total. The largest absolute Gasteiger partial charge is 0.497 e. The minimum atomic E-state index is -3.90. The van der Waals surface area contributed by atoms with Gasteiger partial charge in [-0.15, -0.1) is 0 Å². The maximum Gasteiger partial charge on any atom is 0.408 e. The van der Waals surface area contributed by atoms with Crippen molar-refractivity contribution in [2.24, 2.45) is 5.92 Å². The third-order valence-electron chi connectivity index (χ3n) is 9.50. The summed E-state index contributed by atoms with van der Waals surface area (Å²) in [6.07, 6.45) is 2.76. The predicted octanol–water partition coefficient (Wildman–Crippen LogP) is 2.46. The molecule has 5 rings (SSSR count). The molecule has 54 heavy (non-hydrogen) atoms. The van der Waals surface area contributed by atoms with Crippen LogP contribution in [0.4, 0.5) is 4.79 Å². The number of sulfonamides is 1. The highest BCUT2D eigenvalue weighted by Crippen LogP contribution is 2.47. The third kappa shape index (κ3) is 9.59. The number of hydrogen-bond donors (Lipinski definition) is 4. The highest BCUT2D eigenvalue weighted by atomic mass is 32.2. The van der Waals surface area contributed by atoms with Crippen LogP contribution in [0.3, 0.4) is 0 Å². The van der Waals surface area contributed by atoms with Crippen LogP contribution in [0.5, 0.6) is 11.6 Å². The van der Waals surface area contributed by atoms with Crippen LogP contribution in [-0.2, 0) is 33.9 Å². The van der Waals surface area contributed by atoms with Gasteiger partial charge in [0.05, 0.1) is 18.9 Å². The Morgan fingerprint density at radius 3 is 2.44 bits per heavy atom. The summed E-state index contributed by atoms with van der Waals surface area (Å²) in [7, 11) is -2.35. The number of carbonyl (C=O) groups excluding carboxylic acids is 5. The minimum Gasteiger partial charge on any atom is -0.497 e. The van der Waals surface area contributed by atoms with Crippen LogP contribution >= 0.6 is 0 Å². The molecule has 2 saturated carbocycles. The van der Waals surface area contributed by atoms with E-state index in [9.17, 15) is 32.4 Å². The zero-order valence-electron chi connectivity index (χ0n) is 31.7. The lowest BCUT2D eigenvalue weighted by Crippen LogP contribution is -2.59. The monoisotopic (exact) mass is 770 g/mol. The Morgan fingerprint density at radius 1 is 1.11 bits per heavy atom. The van der Waals surface area contributed by atoms with Crippen LogP contribution in [0.25, 0.3) is 10.8 Å². The number of nitrogens with one attached hydrogen (secondary N) is 4. The lowest BCUT2D eigenvalue weighted by molar-refractivity contribution is -0.141. The van der Waals surface area contributed by atoms with Gasteiger partial charge in [-0.25, -0.2) is 18.2 Å². The van der Waals surface area contributed by atoms with E-state index in [1.54, 1.807) is 66.1 Å². The van der Waals surface area contributed by atoms with E-state index in [1.807, 2.05) is 13.0 Å².